The number of ether oxygens (including phenoxy) is 1. The van der Waals surface area contributed by atoms with E-state index in [2.05, 4.69) is 35.0 Å². The maximum atomic E-state index is 5.90. The fourth-order valence-electron chi connectivity index (χ4n) is 1.71. The summed E-state index contributed by atoms with van der Waals surface area (Å²) in [6, 6.07) is 10.2. The van der Waals surface area contributed by atoms with Crippen molar-refractivity contribution in [1.82, 2.24) is 0 Å². The topological polar surface area (TPSA) is 9.23 Å². The van der Waals surface area contributed by atoms with Crippen molar-refractivity contribution >= 4 is 17.4 Å². The molecular formula is C13H10OS. The van der Waals surface area contributed by atoms with Crippen molar-refractivity contribution in [3.8, 4) is 5.75 Å². The number of thiophene rings is 1. The van der Waals surface area contributed by atoms with Crippen molar-refractivity contribution in [2.45, 2.75) is 6.10 Å². The molecule has 0 saturated heterocycles. The molecule has 0 aliphatic carbocycles. The summed E-state index contributed by atoms with van der Waals surface area (Å²) in [5.74, 6) is 0.969. The van der Waals surface area contributed by atoms with Gasteiger partial charge in [0.2, 0.25) is 0 Å². The van der Waals surface area contributed by atoms with Crippen LogP contribution in [0.5, 0.6) is 5.75 Å². The Balaban J connectivity index is 1.96. The van der Waals surface area contributed by atoms with E-state index in [-0.39, 0.29) is 6.10 Å². The molecule has 0 radical (unpaired) electrons. The van der Waals surface area contributed by atoms with E-state index in [4.69, 9.17) is 4.74 Å². The molecule has 15 heavy (non-hydrogen) atoms. The highest BCUT2D eigenvalue weighted by Crippen LogP contribution is 2.32. The van der Waals surface area contributed by atoms with E-state index < -0.39 is 0 Å². The van der Waals surface area contributed by atoms with Crippen LogP contribution < -0.4 is 4.74 Å². The van der Waals surface area contributed by atoms with E-state index in [0.29, 0.717) is 0 Å². The second-order valence-electron chi connectivity index (χ2n) is 3.49. The maximum Gasteiger partial charge on any atom is 0.143 e. The summed E-state index contributed by atoms with van der Waals surface area (Å²) in [6.07, 6.45) is 4.30. The number of fused-ring (bicyclic) bond motifs is 1. The van der Waals surface area contributed by atoms with E-state index in [1.54, 1.807) is 11.3 Å². The lowest BCUT2D eigenvalue weighted by atomic mass is 10.1. The Labute approximate surface area is 92.6 Å². The molecule has 0 fully saturated rings. The molecule has 1 aliphatic rings. The molecule has 0 bridgehead atoms. The average molecular weight is 214 g/mol. The number of benzene rings is 1. The van der Waals surface area contributed by atoms with Gasteiger partial charge in [-0.15, -0.1) is 0 Å². The van der Waals surface area contributed by atoms with Crippen molar-refractivity contribution in [2.24, 2.45) is 0 Å². The summed E-state index contributed by atoms with van der Waals surface area (Å²) in [6.45, 7) is 0. The summed E-state index contributed by atoms with van der Waals surface area (Å²) in [5.41, 5.74) is 2.38. The van der Waals surface area contributed by atoms with Crippen molar-refractivity contribution in [3.63, 3.8) is 0 Å². The van der Waals surface area contributed by atoms with E-state index in [1.807, 2.05) is 18.2 Å². The molecule has 0 spiro atoms. The van der Waals surface area contributed by atoms with Crippen LogP contribution in [0.1, 0.15) is 17.2 Å². The molecule has 2 aromatic rings. The van der Waals surface area contributed by atoms with Crippen LogP contribution in [0.25, 0.3) is 6.08 Å². The lowest BCUT2D eigenvalue weighted by molar-refractivity contribution is 0.252. The molecule has 1 aliphatic heterocycles. The minimum atomic E-state index is 0.0751. The van der Waals surface area contributed by atoms with E-state index in [9.17, 15) is 0 Å². The summed E-state index contributed by atoms with van der Waals surface area (Å²) < 4.78 is 5.90. The second kappa shape index (κ2) is 3.55. The van der Waals surface area contributed by atoms with Gasteiger partial charge in [0.1, 0.15) is 11.9 Å². The minimum absolute atomic E-state index is 0.0751. The first-order chi connectivity index (χ1) is 7.43. The van der Waals surface area contributed by atoms with Gasteiger partial charge in [-0.25, -0.2) is 0 Å². The van der Waals surface area contributed by atoms with Gasteiger partial charge >= 0.3 is 0 Å². The van der Waals surface area contributed by atoms with Crippen LogP contribution in [-0.4, -0.2) is 0 Å². The van der Waals surface area contributed by atoms with Gasteiger partial charge < -0.3 is 4.74 Å². The molecular weight excluding hydrogens is 204 g/mol. The van der Waals surface area contributed by atoms with Crippen LogP contribution in [0.2, 0.25) is 0 Å². The van der Waals surface area contributed by atoms with Crippen LogP contribution in [0, 0.1) is 0 Å². The lowest BCUT2D eigenvalue weighted by Crippen LogP contribution is -2.07. The molecule has 74 valence electrons. The van der Waals surface area contributed by atoms with E-state index in [0.717, 1.165) is 11.3 Å². The van der Waals surface area contributed by atoms with Gasteiger partial charge in [0.15, 0.2) is 0 Å². The zero-order valence-corrected chi connectivity index (χ0v) is 8.91. The number of para-hydroxylation sites is 1. The predicted octanol–water partition coefficient (Wildman–Crippen LogP) is 3.90. The van der Waals surface area contributed by atoms with Gasteiger partial charge in [-0.05, 0) is 29.0 Å². The van der Waals surface area contributed by atoms with Gasteiger partial charge in [-0.3, -0.25) is 0 Å². The molecule has 1 unspecified atom stereocenters. The number of hydrogen-bond donors (Lipinski definition) is 0. The quantitative estimate of drug-likeness (QED) is 0.699. The third kappa shape index (κ3) is 1.57. The predicted molar refractivity (Wildman–Crippen MR) is 63.2 cm³/mol. The van der Waals surface area contributed by atoms with Gasteiger partial charge in [-0.2, -0.15) is 11.3 Å². The van der Waals surface area contributed by atoms with Crippen LogP contribution in [0.15, 0.2) is 47.2 Å². The van der Waals surface area contributed by atoms with Crippen molar-refractivity contribution in [2.75, 3.05) is 0 Å². The monoisotopic (exact) mass is 214 g/mol. The molecule has 1 aromatic heterocycles. The Hall–Kier alpha value is -1.54. The highest BCUT2D eigenvalue weighted by atomic mass is 32.1. The maximum absolute atomic E-state index is 5.90. The Morgan fingerprint density at radius 1 is 1.13 bits per heavy atom. The Morgan fingerprint density at radius 2 is 2.07 bits per heavy atom. The normalized spacial score (nSPS) is 18.3. The van der Waals surface area contributed by atoms with Crippen LogP contribution >= 0.6 is 11.3 Å². The highest BCUT2D eigenvalue weighted by molar-refractivity contribution is 7.07. The minimum Gasteiger partial charge on any atom is -0.481 e. The van der Waals surface area contributed by atoms with Crippen LogP contribution in [0.4, 0.5) is 0 Å². The largest absolute Gasteiger partial charge is 0.481 e. The van der Waals surface area contributed by atoms with Crippen LogP contribution in [-0.2, 0) is 0 Å². The van der Waals surface area contributed by atoms with Crippen molar-refractivity contribution < 1.29 is 4.74 Å². The van der Waals surface area contributed by atoms with Gasteiger partial charge in [0.25, 0.3) is 0 Å². The van der Waals surface area contributed by atoms with E-state index >= 15 is 0 Å². The second-order valence-corrected chi connectivity index (χ2v) is 4.27. The molecule has 1 atom stereocenters. The fraction of sp³-hybridized carbons (Fsp3) is 0.0769. The van der Waals surface area contributed by atoms with Crippen molar-refractivity contribution in [1.29, 1.82) is 0 Å². The molecule has 3 rings (SSSR count). The zero-order valence-electron chi connectivity index (χ0n) is 8.09. The average Bonchev–Trinajstić information content (AvgIpc) is 2.82. The van der Waals surface area contributed by atoms with Gasteiger partial charge in [0, 0.05) is 11.1 Å². The summed E-state index contributed by atoms with van der Waals surface area (Å²) in [4.78, 5) is 0. The summed E-state index contributed by atoms with van der Waals surface area (Å²) >= 11 is 1.70. The molecule has 2 heterocycles. The van der Waals surface area contributed by atoms with Gasteiger partial charge in [-0.1, -0.05) is 24.3 Å². The molecule has 1 nitrogen and oxygen atoms in total. The smallest absolute Gasteiger partial charge is 0.143 e. The fourth-order valence-corrected chi connectivity index (χ4v) is 2.39. The third-order valence-corrected chi connectivity index (χ3v) is 3.20. The first kappa shape index (κ1) is 8.74. The Morgan fingerprint density at radius 3 is 2.93 bits per heavy atom. The zero-order chi connectivity index (χ0) is 10.1. The third-order valence-electron chi connectivity index (χ3n) is 2.50. The summed E-state index contributed by atoms with van der Waals surface area (Å²) in [5, 5.41) is 4.20. The van der Waals surface area contributed by atoms with Crippen LogP contribution in [0.3, 0.4) is 0 Å². The first-order valence-corrected chi connectivity index (χ1v) is 5.84. The van der Waals surface area contributed by atoms with Gasteiger partial charge in [0.05, 0.1) is 0 Å². The Kier molecular flexibility index (Phi) is 2.07. The number of rotatable bonds is 1. The van der Waals surface area contributed by atoms with E-state index in [1.165, 1.54) is 5.56 Å². The first-order valence-electron chi connectivity index (χ1n) is 4.89. The molecule has 0 N–H and O–H groups in total. The molecule has 0 saturated carbocycles. The molecule has 2 heteroatoms. The highest BCUT2D eigenvalue weighted by Gasteiger charge is 2.15. The Bertz CT molecular complexity index is 485. The summed E-state index contributed by atoms with van der Waals surface area (Å²) in [7, 11) is 0. The standard InChI is InChI=1S/C13H10OS/c1-2-4-12-10(3-1)5-6-13(14-12)11-7-8-15-9-11/h1-9,13H. The van der Waals surface area contributed by atoms with Crippen molar-refractivity contribution in [3.05, 3.63) is 58.3 Å². The molecule has 0 amide bonds. The molecule has 1 aromatic carbocycles. The lowest BCUT2D eigenvalue weighted by Gasteiger charge is -2.20. The SMILES string of the molecule is C1=CC(c2ccsc2)Oc2ccccc21. The number of hydrogen-bond acceptors (Lipinski definition) is 2.